The first-order valence-corrected chi connectivity index (χ1v) is 8.18. The van der Waals surface area contributed by atoms with Crippen LogP contribution in [0.1, 0.15) is 11.4 Å². The van der Waals surface area contributed by atoms with Gasteiger partial charge >= 0.3 is 0 Å². The molecule has 2 aromatic carbocycles. The van der Waals surface area contributed by atoms with E-state index in [1.54, 1.807) is 7.05 Å². The van der Waals surface area contributed by atoms with Crippen molar-refractivity contribution in [3.63, 3.8) is 0 Å². The van der Waals surface area contributed by atoms with Crippen LogP contribution in [0.2, 0.25) is 0 Å². The van der Waals surface area contributed by atoms with Crippen LogP contribution in [-0.2, 0) is 13.5 Å². The lowest BCUT2D eigenvalue weighted by molar-refractivity contribution is 0.481. The molecule has 9 heteroatoms. The van der Waals surface area contributed by atoms with Crippen LogP contribution in [0.25, 0.3) is 16.9 Å². The summed E-state index contributed by atoms with van der Waals surface area (Å²) in [6.45, 7) is 0. The zero-order valence-corrected chi connectivity index (χ0v) is 14.5. The van der Waals surface area contributed by atoms with Gasteiger partial charge in [0, 0.05) is 19.0 Å². The second-order valence-corrected chi connectivity index (χ2v) is 6.17. The van der Waals surface area contributed by atoms with Crippen molar-refractivity contribution in [3.8, 4) is 5.69 Å². The Bertz CT molecular complexity index is 1260. The molecule has 142 valence electrons. The predicted molar refractivity (Wildman–Crippen MR) is 93.2 cm³/mol. The molecule has 2 aromatic heterocycles. The number of benzene rings is 2. The third-order valence-corrected chi connectivity index (χ3v) is 4.36. The molecule has 0 unspecified atom stereocenters. The number of fused-ring (bicyclic) bond motifs is 1. The molecule has 5 nitrogen and oxygen atoms in total. The molecule has 0 N–H and O–H groups in total. The van der Waals surface area contributed by atoms with Crippen molar-refractivity contribution >= 4 is 11.2 Å². The first-order valence-electron chi connectivity index (χ1n) is 8.18. The quantitative estimate of drug-likeness (QED) is 0.400. The van der Waals surface area contributed by atoms with Gasteiger partial charge in [0.2, 0.25) is 0 Å². The molecule has 0 aliphatic heterocycles. The monoisotopic (exact) mass is 388 g/mol. The van der Waals surface area contributed by atoms with E-state index in [0.717, 1.165) is 22.8 Å². The van der Waals surface area contributed by atoms with Crippen LogP contribution in [0.4, 0.5) is 17.6 Å². The smallest absolute Gasteiger partial charge is 0.286 e. The Balaban J connectivity index is 2.00. The van der Waals surface area contributed by atoms with Crippen LogP contribution in [0, 0.1) is 23.3 Å². The molecular formula is C19H12F4N4O. The summed E-state index contributed by atoms with van der Waals surface area (Å²) in [4.78, 5) is 21.3. The van der Waals surface area contributed by atoms with Crippen LogP contribution in [0.5, 0.6) is 0 Å². The molecule has 0 saturated heterocycles. The van der Waals surface area contributed by atoms with Gasteiger partial charge in [-0.1, -0.05) is 0 Å². The van der Waals surface area contributed by atoms with Crippen LogP contribution in [0.3, 0.4) is 0 Å². The average Bonchev–Trinajstić information content (AvgIpc) is 3.04. The van der Waals surface area contributed by atoms with Crippen LogP contribution in [-0.4, -0.2) is 19.1 Å². The third-order valence-electron chi connectivity index (χ3n) is 4.36. The number of hydrogen-bond donors (Lipinski definition) is 0. The Morgan fingerprint density at radius 2 is 1.64 bits per heavy atom. The molecule has 0 aliphatic carbocycles. The van der Waals surface area contributed by atoms with Crippen LogP contribution < -0.4 is 5.56 Å². The Kier molecular flexibility index (Phi) is 4.21. The number of aromatic nitrogens is 4. The van der Waals surface area contributed by atoms with E-state index in [1.165, 1.54) is 23.0 Å². The van der Waals surface area contributed by atoms with Crippen molar-refractivity contribution in [2.24, 2.45) is 7.05 Å². The van der Waals surface area contributed by atoms with Crippen molar-refractivity contribution in [1.29, 1.82) is 0 Å². The van der Waals surface area contributed by atoms with E-state index in [0.29, 0.717) is 6.07 Å². The molecule has 0 spiro atoms. The molecule has 0 aliphatic rings. The maximum Gasteiger partial charge on any atom is 0.286 e. The standard InChI is InChI=1S/C19H12F4N4O/c1-26-9-24-17-18(26)25-15(8-12-13(21)6-7-14(22)16(12)23)27(19(17)28)11-4-2-10(20)3-5-11/h2-7,9H,8H2,1H3. The highest BCUT2D eigenvalue weighted by Crippen LogP contribution is 2.21. The van der Waals surface area contributed by atoms with Crippen LogP contribution >= 0.6 is 0 Å². The number of imidazole rings is 1. The Morgan fingerprint density at radius 1 is 0.964 bits per heavy atom. The lowest BCUT2D eigenvalue weighted by Gasteiger charge is -2.13. The minimum atomic E-state index is -1.36. The fourth-order valence-corrected chi connectivity index (χ4v) is 2.97. The molecule has 4 aromatic rings. The van der Waals surface area contributed by atoms with Gasteiger partial charge in [-0.2, -0.15) is 0 Å². The average molecular weight is 388 g/mol. The van der Waals surface area contributed by atoms with Crippen molar-refractivity contribution in [3.05, 3.63) is 87.7 Å². The molecule has 28 heavy (non-hydrogen) atoms. The summed E-state index contributed by atoms with van der Waals surface area (Å²) in [6.07, 6.45) is 0.879. The van der Waals surface area contributed by atoms with Gasteiger partial charge in [0.1, 0.15) is 17.5 Å². The van der Waals surface area contributed by atoms with Gasteiger partial charge in [-0.15, -0.1) is 0 Å². The number of rotatable bonds is 3. The van der Waals surface area contributed by atoms with Crippen molar-refractivity contribution in [2.45, 2.75) is 6.42 Å². The zero-order valence-electron chi connectivity index (χ0n) is 14.5. The van der Waals surface area contributed by atoms with Gasteiger partial charge in [-0.05, 0) is 36.4 Å². The molecule has 0 amide bonds. The van der Waals surface area contributed by atoms with Gasteiger partial charge in [0.25, 0.3) is 5.56 Å². The third kappa shape index (κ3) is 2.84. The Hall–Kier alpha value is -3.49. The summed E-state index contributed by atoms with van der Waals surface area (Å²) in [5.74, 6) is -4.11. The van der Waals surface area contributed by atoms with E-state index in [2.05, 4.69) is 9.97 Å². The Labute approximate surface area is 155 Å². The Morgan fingerprint density at radius 3 is 2.36 bits per heavy atom. The summed E-state index contributed by atoms with van der Waals surface area (Å²) in [5.41, 5.74) is -0.682. The van der Waals surface area contributed by atoms with Gasteiger partial charge in [0.05, 0.1) is 12.0 Å². The van der Waals surface area contributed by atoms with Gasteiger partial charge in [-0.3, -0.25) is 9.36 Å². The molecule has 0 bridgehead atoms. The maximum absolute atomic E-state index is 14.2. The number of halogens is 4. The largest absolute Gasteiger partial charge is 0.318 e. The van der Waals surface area contributed by atoms with Gasteiger partial charge in [0.15, 0.2) is 22.8 Å². The lowest BCUT2D eigenvalue weighted by Crippen LogP contribution is -2.25. The van der Waals surface area contributed by atoms with Gasteiger partial charge < -0.3 is 4.57 Å². The van der Waals surface area contributed by atoms with E-state index in [-0.39, 0.29) is 22.7 Å². The van der Waals surface area contributed by atoms with E-state index in [9.17, 15) is 22.4 Å². The number of nitrogens with zero attached hydrogens (tertiary/aromatic N) is 4. The van der Waals surface area contributed by atoms with Gasteiger partial charge in [-0.25, -0.2) is 27.5 Å². The first-order chi connectivity index (χ1) is 13.4. The van der Waals surface area contributed by atoms with E-state index in [4.69, 9.17) is 0 Å². The molecule has 0 atom stereocenters. The summed E-state index contributed by atoms with van der Waals surface area (Å²) < 4.78 is 57.8. The molecule has 0 saturated carbocycles. The minimum absolute atomic E-state index is 0.0377. The lowest BCUT2D eigenvalue weighted by atomic mass is 10.1. The highest BCUT2D eigenvalue weighted by atomic mass is 19.2. The predicted octanol–water partition coefficient (Wildman–Crippen LogP) is 3.27. The summed E-state index contributed by atoms with van der Waals surface area (Å²) in [6, 6.07) is 6.41. The minimum Gasteiger partial charge on any atom is -0.318 e. The second kappa shape index (κ2) is 6.59. The van der Waals surface area contributed by atoms with E-state index >= 15 is 0 Å². The zero-order chi connectivity index (χ0) is 20.0. The fraction of sp³-hybridized carbons (Fsp3) is 0.105. The highest BCUT2D eigenvalue weighted by Gasteiger charge is 2.21. The molecule has 4 rings (SSSR count). The molecular weight excluding hydrogens is 376 g/mol. The summed E-state index contributed by atoms with van der Waals surface area (Å²) >= 11 is 0. The number of aryl methyl sites for hydroxylation is 1. The van der Waals surface area contributed by atoms with Crippen molar-refractivity contribution in [1.82, 2.24) is 19.1 Å². The molecule has 0 radical (unpaired) electrons. The maximum atomic E-state index is 14.2. The van der Waals surface area contributed by atoms with E-state index in [1.807, 2.05) is 0 Å². The van der Waals surface area contributed by atoms with E-state index < -0.39 is 40.8 Å². The van der Waals surface area contributed by atoms with Crippen molar-refractivity contribution in [2.75, 3.05) is 0 Å². The fourth-order valence-electron chi connectivity index (χ4n) is 2.97. The summed E-state index contributed by atoms with van der Waals surface area (Å²) in [5, 5.41) is 0. The highest BCUT2D eigenvalue weighted by molar-refractivity contribution is 5.70. The van der Waals surface area contributed by atoms with Crippen LogP contribution in [0.15, 0.2) is 47.5 Å². The second-order valence-electron chi connectivity index (χ2n) is 6.17. The normalized spacial score (nSPS) is 11.3. The SMILES string of the molecule is Cn1cnc2c(=O)n(-c3ccc(F)cc3)c(Cc3c(F)ccc(F)c3F)nc21. The molecule has 0 fully saturated rings. The topological polar surface area (TPSA) is 52.7 Å². The first kappa shape index (κ1) is 17.9. The summed E-state index contributed by atoms with van der Waals surface area (Å²) in [7, 11) is 1.61. The molecule has 2 heterocycles. The van der Waals surface area contributed by atoms with Crippen molar-refractivity contribution < 1.29 is 17.6 Å². The number of hydrogen-bond acceptors (Lipinski definition) is 3.